The lowest BCUT2D eigenvalue weighted by Gasteiger charge is -2.03. The van der Waals surface area contributed by atoms with E-state index >= 15 is 0 Å². The molecule has 0 saturated heterocycles. The van der Waals surface area contributed by atoms with Gasteiger partial charge in [-0.3, -0.25) is 0 Å². The summed E-state index contributed by atoms with van der Waals surface area (Å²) < 4.78 is 0. The fourth-order valence-electron chi connectivity index (χ4n) is 0.739. The lowest BCUT2D eigenvalue weighted by Crippen LogP contribution is -2.05. The Morgan fingerprint density at radius 2 is 2.18 bits per heavy atom. The molecule has 11 heavy (non-hydrogen) atoms. The molecule has 0 aliphatic heterocycles. The quantitative estimate of drug-likeness (QED) is 0.604. The van der Waals surface area contributed by atoms with Crippen LogP contribution in [0.5, 0.6) is 0 Å². The van der Waals surface area contributed by atoms with Crippen LogP contribution in [-0.2, 0) is 4.79 Å². The van der Waals surface area contributed by atoms with Gasteiger partial charge in [0.15, 0.2) is 0 Å². The second kappa shape index (κ2) is 4.91. The molecule has 0 spiro atoms. The Morgan fingerprint density at radius 1 is 1.64 bits per heavy atom. The fourth-order valence-corrected chi connectivity index (χ4v) is 0.739. The number of carbonyl (C=O) groups is 1. The van der Waals surface area contributed by atoms with Gasteiger partial charge in [-0.05, 0) is 26.7 Å². The highest BCUT2D eigenvalue weighted by atomic mass is 16.4. The van der Waals surface area contributed by atoms with Crippen LogP contribution < -0.4 is 0 Å². The predicted octanol–water partition coefficient (Wildman–Crippen LogP) is 1.18. The summed E-state index contributed by atoms with van der Waals surface area (Å²) in [6, 6.07) is 0. The highest BCUT2D eigenvalue weighted by Gasteiger charge is 2.06. The van der Waals surface area contributed by atoms with E-state index in [4.69, 9.17) is 10.2 Å². The van der Waals surface area contributed by atoms with Crippen molar-refractivity contribution < 1.29 is 15.0 Å². The van der Waals surface area contributed by atoms with E-state index in [1.54, 1.807) is 19.9 Å². The van der Waals surface area contributed by atoms with Gasteiger partial charge in [0.25, 0.3) is 0 Å². The number of rotatable bonds is 4. The summed E-state index contributed by atoms with van der Waals surface area (Å²) in [5.74, 6) is -0.895. The van der Waals surface area contributed by atoms with Crippen molar-refractivity contribution in [3.8, 4) is 0 Å². The maximum atomic E-state index is 10.4. The minimum absolute atomic E-state index is 0.367. The molecule has 0 rings (SSSR count). The molecule has 0 aliphatic carbocycles. The monoisotopic (exact) mass is 158 g/mol. The Morgan fingerprint density at radius 3 is 2.45 bits per heavy atom. The topological polar surface area (TPSA) is 57.5 Å². The van der Waals surface area contributed by atoms with Crippen molar-refractivity contribution in [2.45, 2.75) is 32.8 Å². The molecule has 0 radical (unpaired) electrons. The Bertz CT molecular complexity index is 159. The minimum Gasteiger partial charge on any atom is -0.478 e. The van der Waals surface area contributed by atoms with Crippen LogP contribution in [0.15, 0.2) is 11.6 Å². The first-order valence-electron chi connectivity index (χ1n) is 3.64. The number of carboxylic acids is 1. The highest BCUT2D eigenvalue weighted by molar-refractivity contribution is 5.86. The van der Waals surface area contributed by atoms with E-state index in [-0.39, 0.29) is 0 Å². The van der Waals surface area contributed by atoms with E-state index in [9.17, 15) is 4.79 Å². The van der Waals surface area contributed by atoms with Crippen molar-refractivity contribution in [1.82, 2.24) is 0 Å². The smallest absolute Gasteiger partial charge is 0.331 e. The van der Waals surface area contributed by atoms with E-state index in [1.807, 2.05) is 0 Å². The third kappa shape index (κ3) is 4.56. The van der Waals surface area contributed by atoms with E-state index in [0.717, 1.165) is 0 Å². The van der Waals surface area contributed by atoms with Gasteiger partial charge in [-0.1, -0.05) is 6.08 Å². The maximum Gasteiger partial charge on any atom is 0.331 e. The predicted molar refractivity (Wildman–Crippen MR) is 42.3 cm³/mol. The molecule has 0 aromatic rings. The summed E-state index contributed by atoms with van der Waals surface area (Å²) >= 11 is 0. The first kappa shape index (κ1) is 10.2. The molecule has 1 atom stereocenters. The second-order valence-corrected chi connectivity index (χ2v) is 2.51. The van der Waals surface area contributed by atoms with Gasteiger partial charge in [0, 0.05) is 5.57 Å². The molecule has 0 aliphatic rings. The van der Waals surface area contributed by atoms with Crippen molar-refractivity contribution in [2.75, 3.05) is 0 Å². The molecule has 0 bridgehead atoms. The zero-order chi connectivity index (χ0) is 8.85. The largest absolute Gasteiger partial charge is 0.478 e. The van der Waals surface area contributed by atoms with Crippen LogP contribution in [0, 0.1) is 0 Å². The van der Waals surface area contributed by atoms with E-state index in [1.165, 1.54) is 0 Å². The number of hydrogen-bond acceptors (Lipinski definition) is 2. The summed E-state index contributed by atoms with van der Waals surface area (Å²) in [5, 5.41) is 17.4. The zero-order valence-corrected chi connectivity index (χ0v) is 6.87. The first-order chi connectivity index (χ1) is 5.07. The molecule has 0 aromatic heterocycles. The Hall–Kier alpha value is -0.830. The van der Waals surface area contributed by atoms with Gasteiger partial charge in [-0.15, -0.1) is 0 Å². The summed E-state index contributed by atoms with van der Waals surface area (Å²) in [6.45, 7) is 3.33. The Balaban J connectivity index is 3.82. The maximum absolute atomic E-state index is 10.4. The van der Waals surface area contributed by atoms with Gasteiger partial charge >= 0.3 is 5.97 Å². The molecule has 0 fully saturated rings. The number of aliphatic carboxylic acids is 1. The second-order valence-electron chi connectivity index (χ2n) is 2.51. The molecule has 0 aromatic carbocycles. The SMILES string of the molecule is C/C=C(\CCC(C)O)C(=O)O. The summed E-state index contributed by atoms with van der Waals surface area (Å²) in [4.78, 5) is 10.4. The number of aliphatic hydroxyl groups excluding tert-OH is 1. The average molecular weight is 158 g/mol. The van der Waals surface area contributed by atoms with Crippen molar-refractivity contribution in [2.24, 2.45) is 0 Å². The number of carboxylic acid groups (broad SMARTS) is 1. The minimum atomic E-state index is -0.895. The molecule has 3 heteroatoms. The summed E-state index contributed by atoms with van der Waals surface area (Å²) in [7, 11) is 0. The molecule has 3 nitrogen and oxygen atoms in total. The van der Waals surface area contributed by atoms with Crippen molar-refractivity contribution in [3.63, 3.8) is 0 Å². The number of aliphatic hydroxyl groups is 1. The molecule has 64 valence electrons. The lowest BCUT2D eigenvalue weighted by atomic mass is 10.1. The van der Waals surface area contributed by atoms with Gasteiger partial charge < -0.3 is 10.2 Å². The standard InChI is InChI=1S/C8H14O3/c1-3-7(8(10)11)5-4-6(2)9/h3,6,9H,4-5H2,1-2H3,(H,10,11)/b7-3+. The van der Waals surface area contributed by atoms with Gasteiger partial charge in [-0.2, -0.15) is 0 Å². The fraction of sp³-hybridized carbons (Fsp3) is 0.625. The highest BCUT2D eigenvalue weighted by Crippen LogP contribution is 2.07. The molecular formula is C8H14O3. The Kier molecular flexibility index (Phi) is 4.54. The molecule has 0 heterocycles. The molecule has 0 saturated carbocycles. The number of hydrogen-bond donors (Lipinski definition) is 2. The van der Waals surface area contributed by atoms with E-state index < -0.39 is 12.1 Å². The van der Waals surface area contributed by atoms with Gasteiger partial charge in [0.05, 0.1) is 6.10 Å². The Labute approximate surface area is 66.4 Å². The van der Waals surface area contributed by atoms with Gasteiger partial charge in [0.2, 0.25) is 0 Å². The molecule has 2 N–H and O–H groups in total. The van der Waals surface area contributed by atoms with Crippen LogP contribution in [0.25, 0.3) is 0 Å². The molecular weight excluding hydrogens is 144 g/mol. The van der Waals surface area contributed by atoms with Gasteiger partial charge in [0.1, 0.15) is 0 Å². The van der Waals surface area contributed by atoms with Crippen LogP contribution in [-0.4, -0.2) is 22.3 Å². The number of allylic oxidation sites excluding steroid dienone is 1. The zero-order valence-electron chi connectivity index (χ0n) is 6.87. The van der Waals surface area contributed by atoms with Crippen molar-refractivity contribution in [1.29, 1.82) is 0 Å². The summed E-state index contributed by atoms with van der Waals surface area (Å²) in [5.41, 5.74) is 0.367. The van der Waals surface area contributed by atoms with Crippen LogP contribution in [0.3, 0.4) is 0 Å². The molecule has 0 amide bonds. The van der Waals surface area contributed by atoms with Crippen LogP contribution in [0.2, 0.25) is 0 Å². The van der Waals surface area contributed by atoms with Crippen LogP contribution >= 0.6 is 0 Å². The summed E-state index contributed by atoms with van der Waals surface area (Å²) in [6.07, 6.45) is 2.07. The average Bonchev–Trinajstić information content (AvgIpc) is 1.87. The van der Waals surface area contributed by atoms with Crippen molar-refractivity contribution in [3.05, 3.63) is 11.6 Å². The van der Waals surface area contributed by atoms with Gasteiger partial charge in [-0.25, -0.2) is 4.79 Å². The van der Waals surface area contributed by atoms with Crippen LogP contribution in [0.4, 0.5) is 0 Å². The van der Waals surface area contributed by atoms with Crippen LogP contribution in [0.1, 0.15) is 26.7 Å². The van der Waals surface area contributed by atoms with E-state index in [2.05, 4.69) is 0 Å². The van der Waals surface area contributed by atoms with Crippen molar-refractivity contribution >= 4 is 5.97 Å². The molecule has 1 unspecified atom stereocenters. The lowest BCUT2D eigenvalue weighted by molar-refractivity contribution is -0.132. The third-order valence-corrected chi connectivity index (χ3v) is 1.45. The first-order valence-corrected chi connectivity index (χ1v) is 3.64. The van der Waals surface area contributed by atoms with E-state index in [0.29, 0.717) is 18.4 Å². The normalized spacial score (nSPS) is 14.6. The third-order valence-electron chi connectivity index (χ3n) is 1.45.